The van der Waals surface area contributed by atoms with E-state index in [0.29, 0.717) is 0 Å². The molecule has 1 atom stereocenters. The largest absolute Gasteiger partial charge is 0.0802 e. The number of hydrogen-bond donors (Lipinski definition) is 0. The third kappa shape index (κ3) is 5.84. The molecule has 0 bridgehead atoms. The van der Waals surface area contributed by atoms with E-state index in [1.165, 1.54) is 81.8 Å². The van der Waals surface area contributed by atoms with Crippen LogP contribution in [0.5, 0.6) is 0 Å². The van der Waals surface area contributed by atoms with Crippen molar-refractivity contribution in [1.82, 2.24) is 0 Å². The van der Waals surface area contributed by atoms with Gasteiger partial charge in [0.25, 0.3) is 0 Å². The molecule has 2 aliphatic carbocycles. The zero-order valence-electron chi connectivity index (χ0n) is 16.4. The standard InChI is InChI=1S/C25H35Br/c1-2-3-4-5-6-7-20-8-10-21(11-9-20)22-12-14-23(15-13-22)24-16-18-25(26)19-17-24/h12,14-22H,2-11,13H2,1H3/t20-,21-,22?. The van der Waals surface area contributed by atoms with Gasteiger partial charge in [-0.2, -0.15) is 0 Å². The van der Waals surface area contributed by atoms with Crippen molar-refractivity contribution in [2.24, 2.45) is 17.8 Å². The summed E-state index contributed by atoms with van der Waals surface area (Å²) in [6.07, 6.45) is 23.1. The SMILES string of the molecule is CCCCCCC[C@H]1CC[C@H](C2C=CC(c3ccc(Br)cc3)=CC2)CC1. The van der Waals surface area contributed by atoms with Gasteiger partial charge in [0.1, 0.15) is 0 Å². The minimum atomic E-state index is 0.778. The molecule has 142 valence electrons. The molecule has 1 unspecified atom stereocenters. The molecule has 3 rings (SSSR count). The second-order valence-electron chi connectivity index (χ2n) is 8.41. The van der Waals surface area contributed by atoms with Gasteiger partial charge < -0.3 is 0 Å². The van der Waals surface area contributed by atoms with Gasteiger partial charge in [0.2, 0.25) is 0 Å². The summed E-state index contributed by atoms with van der Waals surface area (Å²) in [7, 11) is 0. The highest BCUT2D eigenvalue weighted by molar-refractivity contribution is 9.10. The molecule has 1 fully saturated rings. The summed E-state index contributed by atoms with van der Waals surface area (Å²) >= 11 is 3.52. The van der Waals surface area contributed by atoms with E-state index in [-0.39, 0.29) is 0 Å². The van der Waals surface area contributed by atoms with Crippen LogP contribution in [0.1, 0.15) is 83.1 Å². The van der Waals surface area contributed by atoms with Gasteiger partial charge in [0.05, 0.1) is 0 Å². The highest BCUT2D eigenvalue weighted by Gasteiger charge is 2.26. The smallest absolute Gasteiger partial charge is 0.0175 e. The summed E-state index contributed by atoms with van der Waals surface area (Å²) in [5.74, 6) is 2.72. The van der Waals surface area contributed by atoms with Gasteiger partial charge in [-0.1, -0.05) is 105 Å². The summed E-state index contributed by atoms with van der Waals surface area (Å²) in [5, 5.41) is 0. The maximum absolute atomic E-state index is 3.52. The number of halogens is 1. The van der Waals surface area contributed by atoms with Crippen molar-refractivity contribution in [3.05, 3.63) is 52.5 Å². The zero-order valence-corrected chi connectivity index (χ0v) is 18.0. The van der Waals surface area contributed by atoms with E-state index in [2.05, 4.69) is 65.3 Å². The molecule has 26 heavy (non-hydrogen) atoms. The Morgan fingerprint density at radius 2 is 1.65 bits per heavy atom. The summed E-state index contributed by atoms with van der Waals surface area (Å²) < 4.78 is 1.15. The monoisotopic (exact) mass is 414 g/mol. The minimum absolute atomic E-state index is 0.778. The molecule has 0 spiro atoms. The quantitative estimate of drug-likeness (QED) is 0.373. The third-order valence-electron chi connectivity index (χ3n) is 6.52. The first kappa shape index (κ1) is 19.9. The average Bonchev–Trinajstić information content (AvgIpc) is 2.69. The second-order valence-corrected chi connectivity index (χ2v) is 9.32. The molecule has 0 nitrogen and oxygen atoms in total. The van der Waals surface area contributed by atoms with Crippen molar-refractivity contribution in [1.29, 1.82) is 0 Å². The molecule has 1 aromatic carbocycles. The molecule has 0 aromatic heterocycles. The van der Waals surface area contributed by atoms with Gasteiger partial charge in [0.15, 0.2) is 0 Å². The fourth-order valence-electron chi connectivity index (χ4n) is 4.78. The van der Waals surface area contributed by atoms with E-state index < -0.39 is 0 Å². The molecule has 0 radical (unpaired) electrons. The molecule has 0 N–H and O–H groups in total. The van der Waals surface area contributed by atoms with Crippen LogP contribution in [-0.2, 0) is 0 Å². The Labute approximate surface area is 169 Å². The lowest BCUT2D eigenvalue weighted by Gasteiger charge is -2.33. The molecule has 0 heterocycles. The maximum atomic E-state index is 3.52. The van der Waals surface area contributed by atoms with Gasteiger partial charge in [-0.25, -0.2) is 0 Å². The normalized spacial score (nSPS) is 25.9. The first-order valence-corrected chi connectivity index (χ1v) is 11.7. The van der Waals surface area contributed by atoms with E-state index in [1.807, 2.05) is 0 Å². The number of benzene rings is 1. The van der Waals surface area contributed by atoms with Crippen LogP contribution in [-0.4, -0.2) is 0 Å². The van der Waals surface area contributed by atoms with Crippen molar-refractivity contribution in [3.8, 4) is 0 Å². The topological polar surface area (TPSA) is 0 Å². The fourth-order valence-corrected chi connectivity index (χ4v) is 5.05. The van der Waals surface area contributed by atoms with Crippen LogP contribution in [0.15, 0.2) is 47.0 Å². The fraction of sp³-hybridized carbons (Fsp3) is 0.600. The van der Waals surface area contributed by atoms with Gasteiger partial charge in [-0.05, 0) is 60.3 Å². The van der Waals surface area contributed by atoms with E-state index in [1.54, 1.807) is 0 Å². The van der Waals surface area contributed by atoms with Gasteiger partial charge in [-0.3, -0.25) is 0 Å². The predicted octanol–water partition coefficient (Wildman–Crippen LogP) is 8.58. The predicted molar refractivity (Wildman–Crippen MR) is 118 cm³/mol. The Hall–Kier alpha value is -0.820. The summed E-state index contributed by atoms with van der Waals surface area (Å²) in [4.78, 5) is 0. The zero-order chi connectivity index (χ0) is 18.2. The Balaban J connectivity index is 1.39. The van der Waals surface area contributed by atoms with Crippen LogP contribution in [0.3, 0.4) is 0 Å². The van der Waals surface area contributed by atoms with Crippen LogP contribution >= 0.6 is 15.9 Å². The van der Waals surface area contributed by atoms with Crippen molar-refractivity contribution < 1.29 is 0 Å². The van der Waals surface area contributed by atoms with E-state index in [4.69, 9.17) is 0 Å². The molecule has 0 amide bonds. The Morgan fingerprint density at radius 1 is 0.923 bits per heavy atom. The minimum Gasteiger partial charge on any atom is -0.0802 e. The lowest BCUT2D eigenvalue weighted by atomic mass is 9.72. The first-order valence-electron chi connectivity index (χ1n) is 10.9. The Morgan fingerprint density at radius 3 is 2.31 bits per heavy atom. The van der Waals surface area contributed by atoms with Crippen LogP contribution in [0, 0.1) is 17.8 Å². The first-order chi connectivity index (χ1) is 12.8. The Kier molecular flexibility index (Phi) is 8.05. The van der Waals surface area contributed by atoms with Gasteiger partial charge in [-0.15, -0.1) is 0 Å². The highest BCUT2D eigenvalue weighted by Crippen LogP contribution is 2.39. The molecular weight excluding hydrogens is 380 g/mol. The second kappa shape index (κ2) is 10.5. The molecule has 2 aliphatic rings. The van der Waals surface area contributed by atoms with E-state index in [9.17, 15) is 0 Å². The molecule has 1 saturated carbocycles. The summed E-state index contributed by atoms with van der Waals surface area (Å²) in [6.45, 7) is 2.30. The molecular formula is C25H35Br. The van der Waals surface area contributed by atoms with Crippen molar-refractivity contribution in [2.75, 3.05) is 0 Å². The summed E-state index contributed by atoms with van der Waals surface area (Å²) in [6, 6.07) is 8.71. The maximum Gasteiger partial charge on any atom is 0.0175 e. The van der Waals surface area contributed by atoms with Gasteiger partial charge >= 0.3 is 0 Å². The van der Waals surface area contributed by atoms with Crippen LogP contribution < -0.4 is 0 Å². The average molecular weight is 415 g/mol. The van der Waals surface area contributed by atoms with Gasteiger partial charge in [0, 0.05) is 4.47 Å². The Bertz CT molecular complexity index is 587. The number of rotatable bonds is 8. The lowest BCUT2D eigenvalue weighted by molar-refractivity contribution is 0.218. The van der Waals surface area contributed by atoms with Crippen molar-refractivity contribution in [2.45, 2.75) is 77.6 Å². The van der Waals surface area contributed by atoms with Crippen LogP contribution in [0.25, 0.3) is 5.57 Å². The van der Waals surface area contributed by atoms with Crippen LogP contribution in [0.4, 0.5) is 0 Å². The molecule has 1 aromatic rings. The van der Waals surface area contributed by atoms with E-state index >= 15 is 0 Å². The molecule has 0 aliphatic heterocycles. The molecule has 0 saturated heterocycles. The number of hydrogen-bond acceptors (Lipinski definition) is 0. The third-order valence-corrected chi connectivity index (χ3v) is 7.05. The molecule has 1 heteroatoms. The van der Waals surface area contributed by atoms with E-state index in [0.717, 1.165) is 22.2 Å². The van der Waals surface area contributed by atoms with Crippen molar-refractivity contribution in [3.63, 3.8) is 0 Å². The number of allylic oxidation sites excluding steroid dienone is 4. The number of unbranched alkanes of at least 4 members (excludes halogenated alkanes) is 4. The highest BCUT2D eigenvalue weighted by atomic mass is 79.9. The van der Waals surface area contributed by atoms with Crippen molar-refractivity contribution >= 4 is 21.5 Å². The summed E-state index contributed by atoms with van der Waals surface area (Å²) in [5.41, 5.74) is 2.74. The van der Waals surface area contributed by atoms with Crippen LogP contribution in [0.2, 0.25) is 0 Å². The lowest BCUT2D eigenvalue weighted by Crippen LogP contribution is -2.21.